The molecule has 0 bridgehead atoms. The van der Waals surface area contributed by atoms with E-state index in [9.17, 15) is 9.90 Å². The monoisotopic (exact) mass is 323 g/mol. The van der Waals surface area contributed by atoms with Gasteiger partial charge in [-0.15, -0.1) is 0 Å². The molecular weight excluding hydrogens is 306 g/mol. The number of aromatic nitrogens is 2. The van der Waals surface area contributed by atoms with Crippen molar-refractivity contribution in [3.63, 3.8) is 0 Å². The van der Waals surface area contributed by atoms with Crippen LogP contribution in [0.25, 0.3) is 10.8 Å². The average Bonchev–Trinajstić information content (AvgIpc) is 3.21. The van der Waals surface area contributed by atoms with Crippen LogP contribution in [0.4, 0.5) is 0 Å². The second kappa shape index (κ2) is 5.42. The van der Waals surface area contributed by atoms with Crippen molar-refractivity contribution in [1.29, 1.82) is 0 Å². The van der Waals surface area contributed by atoms with Gasteiger partial charge in [0.15, 0.2) is 11.4 Å². The van der Waals surface area contributed by atoms with Gasteiger partial charge in [0, 0.05) is 18.5 Å². The van der Waals surface area contributed by atoms with Gasteiger partial charge in [-0.1, -0.05) is 35.5 Å². The first-order valence-electron chi connectivity index (χ1n) is 7.86. The summed E-state index contributed by atoms with van der Waals surface area (Å²) in [5.41, 5.74) is -0.659. The number of rotatable bonds is 2. The lowest BCUT2D eigenvalue weighted by atomic mass is 10.0. The third-order valence-electron chi connectivity index (χ3n) is 4.46. The van der Waals surface area contributed by atoms with E-state index in [0.29, 0.717) is 24.4 Å². The Balaban J connectivity index is 1.58. The van der Waals surface area contributed by atoms with Gasteiger partial charge in [0.1, 0.15) is 0 Å². The molecule has 122 valence electrons. The minimum absolute atomic E-state index is 0.104. The SMILES string of the molecule is Cc1noc([C@@]2(O)CCN(C(=O)c3ccc4ccccc4c3)C2)n1. The van der Waals surface area contributed by atoms with Gasteiger partial charge in [-0.2, -0.15) is 4.98 Å². The van der Waals surface area contributed by atoms with Gasteiger partial charge in [-0.05, 0) is 29.8 Å². The lowest BCUT2D eigenvalue weighted by molar-refractivity contribution is 0.0136. The number of amides is 1. The highest BCUT2D eigenvalue weighted by Gasteiger charge is 2.44. The largest absolute Gasteiger partial charge is 0.378 e. The van der Waals surface area contributed by atoms with Crippen molar-refractivity contribution < 1.29 is 14.4 Å². The van der Waals surface area contributed by atoms with Gasteiger partial charge in [0.05, 0.1) is 6.54 Å². The third-order valence-corrected chi connectivity index (χ3v) is 4.46. The first-order chi connectivity index (χ1) is 11.5. The number of β-amino-alcohol motifs (C(OH)–C–C–N with tert-alkyl or cyclic N) is 1. The van der Waals surface area contributed by atoms with Crippen molar-refractivity contribution in [3.8, 4) is 0 Å². The van der Waals surface area contributed by atoms with Crippen LogP contribution < -0.4 is 0 Å². The molecule has 0 unspecified atom stereocenters. The van der Waals surface area contributed by atoms with Gasteiger partial charge in [0.25, 0.3) is 11.8 Å². The summed E-state index contributed by atoms with van der Waals surface area (Å²) in [6, 6.07) is 13.5. The number of carbonyl (C=O) groups is 1. The second-order valence-electron chi connectivity index (χ2n) is 6.22. The molecule has 3 aromatic rings. The Bertz CT molecular complexity index is 921. The van der Waals surface area contributed by atoms with Crippen molar-refractivity contribution in [1.82, 2.24) is 15.0 Å². The average molecular weight is 323 g/mol. The fraction of sp³-hybridized carbons (Fsp3) is 0.278. The van der Waals surface area contributed by atoms with Crippen LogP contribution in [0.15, 0.2) is 47.0 Å². The number of carbonyl (C=O) groups excluding carboxylic acids is 1. The van der Waals surface area contributed by atoms with E-state index in [0.717, 1.165) is 10.8 Å². The molecule has 1 saturated heterocycles. The molecule has 1 fully saturated rings. The fourth-order valence-electron chi connectivity index (χ4n) is 3.13. The molecule has 6 heteroatoms. The van der Waals surface area contributed by atoms with E-state index < -0.39 is 5.60 Å². The van der Waals surface area contributed by atoms with E-state index in [1.807, 2.05) is 42.5 Å². The molecule has 2 heterocycles. The van der Waals surface area contributed by atoms with Crippen LogP contribution in [0, 0.1) is 6.92 Å². The molecule has 1 aromatic heterocycles. The summed E-state index contributed by atoms with van der Waals surface area (Å²) in [5.74, 6) is 0.541. The number of nitrogens with zero attached hydrogens (tertiary/aromatic N) is 3. The van der Waals surface area contributed by atoms with E-state index in [1.54, 1.807) is 11.8 Å². The molecular formula is C18H17N3O3. The van der Waals surface area contributed by atoms with Crippen LogP contribution in [-0.4, -0.2) is 39.1 Å². The van der Waals surface area contributed by atoms with Crippen LogP contribution in [0.1, 0.15) is 28.5 Å². The highest BCUT2D eigenvalue weighted by atomic mass is 16.5. The van der Waals surface area contributed by atoms with Crippen molar-refractivity contribution in [2.75, 3.05) is 13.1 Å². The highest BCUT2D eigenvalue weighted by molar-refractivity contribution is 5.98. The van der Waals surface area contributed by atoms with E-state index >= 15 is 0 Å². The zero-order valence-electron chi connectivity index (χ0n) is 13.3. The molecule has 1 amide bonds. The number of benzene rings is 2. The molecule has 0 radical (unpaired) electrons. The summed E-state index contributed by atoms with van der Waals surface area (Å²) in [6.45, 7) is 2.30. The quantitative estimate of drug-likeness (QED) is 0.782. The van der Waals surface area contributed by atoms with E-state index in [-0.39, 0.29) is 18.3 Å². The zero-order chi connectivity index (χ0) is 16.7. The molecule has 24 heavy (non-hydrogen) atoms. The number of aliphatic hydroxyl groups is 1. The van der Waals surface area contributed by atoms with Crippen LogP contribution in [0.2, 0.25) is 0 Å². The minimum Gasteiger partial charge on any atom is -0.378 e. The van der Waals surface area contributed by atoms with Gasteiger partial charge in [-0.3, -0.25) is 4.79 Å². The van der Waals surface area contributed by atoms with Crippen molar-refractivity contribution in [3.05, 3.63) is 59.7 Å². The van der Waals surface area contributed by atoms with Crippen LogP contribution in [0.5, 0.6) is 0 Å². The first kappa shape index (κ1) is 14.8. The molecule has 1 aliphatic rings. The Morgan fingerprint density at radius 3 is 2.79 bits per heavy atom. The summed E-state index contributed by atoms with van der Waals surface area (Å²) >= 11 is 0. The lowest BCUT2D eigenvalue weighted by Crippen LogP contribution is -2.34. The molecule has 1 aliphatic heterocycles. The lowest BCUT2D eigenvalue weighted by Gasteiger charge is -2.20. The molecule has 1 atom stereocenters. The minimum atomic E-state index is -1.27. The van der Waals surface area contributed by atoms with E-state index in [4.69, 9.17) is 4.52 Å². The maximum atomic E-state index is 12.8. The Morgan fingerprint density at radius 2 is 2.04 bits per heavy atom. The van der Waals surface area contributed by atoms with Gasteiger partial charge in [-0.25, -0.2) is 0 Å². The molecule has 4 rings (SSSR count). The molecule has 0 spiro atoms. The Kier molecular flexibility index (Phi) is 3.35. The molecule has 6 nitrogen and oxygen atoms in total. The second-order valence-corrected chi connectivity index (χ2v) is 6.22. The standard InChI is InChI=1S/C18H17N3O3/c1-12-19-17(24-20-12)18(23)8-9-21(11-18)16(22)15-7-6-13-4-2-3-5-14(13)10-15/h2-7,10,23H,8-9,11H2,1H3/t18-/m1/s1. The van der Waals surface area contributed by atoms with Gasteiger partial charge >= 0.3 is 0 Å². The zero-order valence-corrected chi connectivity index (χ0v) is 13.3. The van der Waals surface area contributed by atoms with E-state index in [1.165, 1.54) is 0 Å². The topological polar surface area (TPSA) is 79.5 Å². The van der Waals surface area contributed by atoms with Crippen LogP contribution in [-0.2, 0) is 5.60 Å². The normalized spacial score (nSPS) is 20.7. The summed E-state index contributed by atoms with van der Waals surface area (Å²) in [7, 11) is 0. The summed E-state index contributed by atoms with van der Waals surface area (Å²) in [6.07, 6.45) is 0.383. The van der Waals surface area contributed by atoms with Crippen LogP contribution >= 0.6 is 0 Å². The van der Waals surface area contributed by atoms with Crippen LogP contribution in [0.3, 0.4) is 0 Å². The predicted octanol–water partition coefficient (Wildman–Crippen LogP) is 2.26. The number of hydrogen-bond donors (Lipinski definition) is 1. The van der Waals surface area contributed by atoms with Crippen molar-refractivity contribution >= 4 is 16.7 Å². The summed E-state index contributed by atoms with van der Waals surface area (Å²) in [4.78, 5) is 18.5. The predicted molar refractivity (Wildman–Crippen MR) is 87.4 cm³/mol. The Hall–Kier alpha value is -2.73. The smallest absolute Gasteiger partial charge is 0.260 e. The number of fused-ring (bicyclic) bond motifs is 1. The molecule has 0 aliphatic carbocycles. The Labute approximate surface area is 138 Å². The number of likely N-dealkylation sites (tertiary alicyclic amines) is 1. The molecule has 2 aromatic carbocycles. The van der Waals surface area contributed by atoms with Gasteiger partial charge < -0.3 is 14.5 Å². The van der Waals surface area contributed by atoms with E-state index in [2.05, 4.69) is 10.1 Å². The molecule has 1 N–H and O–H groups in total. The number of aryl methyl sites for hydroxylation is 1. The van der Waals surface area contributed by atoms with Crippen molar-refractivity contribution in [2.45, 2.75) is 18.9 Å². The van der Waals surface area contributed by atoms with Gasteiger partial charge in [0.2, 0.25) is 0 Å². The third kappa shape index (κ3) is 2.45. The van der Waals surface area contributed by atoms with Crippen molar-refractivity contribution in [2.24, 2.45) is 0 Å². The maximum Gasteiger partial charge on any atom is 0.260 e. The summed E-state index contributed by atoms with van der Waals surface area (Å²) in [5, 5.41) is 16.6. The Morgan fingerprint density at radius 1 is 1.25 bits per heavy atom. The molecule has 0 saturated carbocycles. The fourth-order valence-corrected chi connectivity index (χ4v) is 3.13. The number of hydrogen-bond acceptors (Lipinski definition) is 5. The first-order valence-corrected chi connectivity index (χ1v) is 7.86. The summed E-state index contributed by atoms with van der Waals surface area (Å²) < 4.78 is 5.09. The highest BCUT2D eigenvalue weighted by Crippen LogP contribution is 2.31. The maximum absolute atomic E-state index is 12.8.